The molecule has 0 spiro atoms. The first-order valence-corrected chi connectivity index (χ1v) is 5.58. The van der Waals surface area contributed by atoms with Gasteiger partial charge < -0.3 is 10.2 Å². The van der Waals surface area contributed by atoms with E-state index in [1.54, 1.807) is 6.07 Å². The summed E-state index contributed by atoms with van der Waals surface area (Å²) in [5, 5.41) is 3.41. The van der Waals surface area contributed by atoms with E-state index in [9.17, 15) is 4.39 Å². The van der Waals surface area contributed by atoms with Crippen molar-refractivity contribution >= 4 is 23.0 Å². The van der Waals surface area contributed by atoms with Crippen molar-refractivity contribution in [2.24, 2.45) is 0 Å². The highest BCUT2D eigenvalue weighted by Crippen LogP contribution is 2.33. The van der Waals surface area contributed by atoms with Crippen molar-refractivity contribution in [3.05, 3.63) is 23.0 Å². The van der Waals surface area contributed by atoms with Gasteiger partial charge >= 0.3 is 0 Å². The highest BCUT2D eigenvalue weighted by atomic mass is 35.5. The van der Waals surface area contributed by atoms with Crippen LogP contribution in [0, 0.1) is 5.82 Å². The van der Waals surface area contributed by atoms with Gasteiger partial charge in [-0.2, -0.15) is 0 Å². The molecule has 1 heterocycles. The maximum Gasteiger partial charge on any atom is 0.143 e. The van der Waals surface area contributed by atoms with Gasteiger partial charge in [0.1, 0.15) is 5.82 Å². The maximum absolute atomic E-state index is 13.3. The second-order valence-electron chi connectivity index (χ2n) is 3.64. The topological polar surface area (TPSA) is 15.3 Å². The van der Waals surface area contributed by atoms with Gasteiger partial charge in [0, 0.05) is 25.7 Å². The second-order valence-corrected chi connectivity index (χ2v) is 4.05. The predicted octanol–water partition coefficient (Wildman–Crippen LogP) is 3.12. The minimum Gasteiger partial charge on any atom is -0.383 e. The van der Waals surface area contributed by atoms with Crippen LogP contribution in [0.3, 0.4) is 0 Å². The molecule has 0 unspecified atom stereocenters. The lowest BCUT2D eigenvalue weighted by molar-refractivity contribution is 0.628. The van der Waals surface area contributed by atoms with Crippen LogP contribution >= 0.6 is 11.6 Å². The van der Waals surface area contributed by atoms with Gasteiger partial charge in [-0.05, 0) is 19.4 Å². The zero-order valence-corrected chi connectivity index (χ0v) is 9.44. The van der Waals surface area contributed by atoms with E-state index in [-0.39, 0.29) is 10.8 Å². The largest absolute Gasteiger partial charge is 0.383 e. The summed E-state index contributed by atoms with van der Waals surface area (Å²) in [4.78, 5) is 2.21. The summed E-state index contributed by atoms with van der Waals surface area (Å²) >= 11 is 5.79. The molecule has 1 aromatic carbocycles. The van der Waals surface area contributed by atoms with Gasteiger partial charge in [0.2, 0.25) is 0 Å². The Morgan fingerprint density at radius 2 is 2.33 bits per heavy atom. The predicted molar refractivity (Wildman–Crippen MR) is 62.4 cm³/mol. The van der Waals surface area contributed by atoms with Crippen LogP contribution in [0.2, 0.25) is 5.02 Å². The Morgan fingerprint density at radius 1 is 1.53 bits per heavy atom. The Hall–Kier alpha value is -0.960. The maximum atomic E-state index is 13.3. The highest BCUT2D eigenvalue weighted by Gasteiger charge is 2.16. The van der Waals surface area contributed by atoms with Gasteiger partial charge in [0.25, 0.3) is 0 Å². The van der Waals surface area contributed by atoms with Crippen LogP contribution in [0.25, 0.3) is 0 Å². The van der Waals surface area contributed by atoms with Crippen molar-refractivity contribution in [3.8, 4) is 0 Å². The molecular weight excluding hydrogens is 215 g/mol. The van der Waals surface area contributed by atoms with Crippen molar-refractivity contribution in [2.45, 2.75) is 13.3 Å². The molecule has 1 aliphatic heterocycles. The van der Waals surface area contributed by atoms with Crippen LogP contribution in [-0.4, -0.2) is 19.6 Å². The van der Waals surface area contributed by atoms with Crippen molar-refractivity contribution in [3.63, 3.8) is 0 Å². The Kier molecular flexibility index (Phi) is 3.00. The van der Waals surface area contributed by atoms with E-state index in [1.807, 2.05) is 0 Å². The SMILES string of the molecule is CCN1CCCNc2cc(F)c(Cl)cc21. The van der Waals surface area contributed by atoms with Crippen LogP contribution in [0.5, 0.6) is 0 Å². The molecular formula is C11H14ClFN2. The van der Waals surface area contributed by atoms with E-state index in [1.165, 1.54) is 6.07 Å². The number of hydrogen-bond acceptors (Lipinski definition) is 2. The van der Waals surface area contributed by atoms with E-state index in [2.05, 4.69) is 17.1 Å². The fourth-order valence-corrected chi connectivity index (χ4v) is 2.04. The zero-order chi connectivity index (χ0) is 10.8. The quantitative estimate of drug-likeness (QED) is 0.795. The van der Waals surface area contributed by atoms with Crippen LogP contribution in [0.1, 0.15) is 13.3 Å². The van der Waals surface area contributed by atoms with Crippen molar-refractivity contribution in [2.75, 3.05) is 29.9 Å². The third kappa shape index (κ3) is 2.02. The van der Waals surface area contributed by atoms with Gasteiger partial charge in [0.05, 0.1) is 16.4 Å². The summed E-state index contributed by atoms with van der Waals surface area (Å²) in [5.41, 5.74) is 1.85. The van der Waals surface area contributed by atoms with Gasteiger partial charge in [-0.1, -0.05) is 11.6 Å². The van der Waals surface area contributed by atoms with Gasteiger partial charge in [-0.15, -0.1) is 0 Å². The fraction of sp³-hybridized carbons (Fsp3) is 0.455. The van der Waals surface area contributed by atoms with Crippen LogP contribution in [0.4, 0.5) is 15.8 Å². The summed E-state index contributed by atoms with van der Waals surface area (Å²) in [5.74, 6) is -0.360. The van der Waals surface area contributed by atoms with Crippen molar-refractivity contribution in [1.29, 1.82) is 0 Å². The number of hydrogen-bond donors (Lipinski definition) is 1. The molecule has 0 fully saturated rings. The first-order chi connectivity index (χ1) is 7.22. The number of benzene rings is 1. The average Bonchev–Trinajstić information content (AvgIpc) is 2.41. The molecule has 82 valence electrons. The molecule has 0 saturated heterocycles. The van der Waals surface area contributed by atoms with Crippen molar-refractivity contribution < 1.29 is 4.39 Å². The summed E-state index contributed by atoms with van der Waals surface area (Å²) in [7, 11) is 0. The van der Waals surface area contributed by atoms with Crippen LogP contribution < -0.4 is 10.2 Å². The first kappa shape index (κ1) is 10.6. The number of halogens is 2. The molecule has 0 aromatic heterocycles. The molecule has 1 aliphatic rings. The third-order valence-corrected chi connectivity index (χ3v) is 2.97. The molecule has 2 nitrogen and oxygen atoms in total. The average molecular weight is 229 g/mol. The monoisotopic (exact) mass is 228 g/mol. The standard InChI is InChI=1S/C11H14ClFN2/c1-2-15-5-3-4-14-10-7-9(13)8(12)6-11(10)15/h6-7,14H,2-5H2,1H3. The molecule has 15 heavy (non-hydrogen) atoms. The molecule has 2 rings (SSSR count). The molecule has 0 amide bonds. The second kappa shape index (κ2) is 4.27. The third-order valence-electron chi connectivity index (χ3n) is 2.68. The molecule has 1 N–H and O–H groups in total. The normalized spacial score (nSPS) is 15.5. The van der Waals surface area contributed by atoms with Gasteiger partial charge in [-0.3, -0.25) is 0 Å². The minimum atomic E-state index is -0.360. The van der Waals surface area contributed by atoms with Crippen LogP contribution in [0.15, 0.2) is 12.1 Å². The van der Waals surface area contributed by atoms with Gasteiger partial charge in [0.15, 0.2) is 0 Å². The fourth-order valence-electron chi connectivity index (χ4n) is 1.88. The van der Waals surface area contributed by atoms with E-state index in [0.29, 0.717) is 0 Å². The molecule has 0 saturated carbocycles. The Balaban J connectivity index is 2.46. The van der Waals surface area contributed by atoms with E-state index in [4.69, 9.17) is 11.6 Å². The van der Waals surface area contributed by atoms with E-state index < -0.39 is 0 Å². The number of rotatable bonds is 1. The molecule has 1 aromatic rings. The van der Waals surface area contributed by atoms with E-state index >= 15 is 0 Å². The van der Waals surface area contributed by atoms with Crippen molar-refractivity contribution in [1.82, 2.24) is 0 Å². The Labute approximate surface area is 94.0 Å². The molecule has 0 bridgehead atoms. The van der Waals surface area contributed by atoms with Gasteiger partial charge in [-0.25, -0.2) is 4.39 Å². The molecule has 4 heteroatoms. The highest BCUT2D eigenvalue weighted by molar-refractivity contribution is 6.31. The Morgan fingerprint density at radius 3 is 3.07 bits per heavy atom. The molecule has 0 radical (unpaired) electrons. The number of nitrogens with zero attached hydrogens (tertiary/aromatic N) is 1. The molecule has 0 aliphatic carbocycles. The smallest absolute Gasteiger partial charge is 0.143 e. The summed E-state index contributed by atoms with van der Waals surface area (Å²) < 4.78 is 13.3. The number of anilines is 2. The lowest BCUT2D eigenvalue weighted by atomic mass is 10.2. The lowest BCUT2D eigenvalue weighted by Gasteiger charge is -2.22. The summed E-state index contributed by atoms with van der Waals surface area (Å²) in [6.45, 7) is 4.87. The van der Waals surface area contributed by atoms with Crippen LogP contribution in [-0.2, 0) is 0 Å². The number of fused-ring (bicyclic) bond motifs is 1. The minimum absolute atomic E-state index is 0.191. The first-order valence-electron chi connectivity index (χ1n) is 5.20. The zero-order valence-electron chi connectivity index (χ0n) is 8.69. The van der Waals surface area contributed by atoms with E-state index in [0.717, 1.165) is 37.4 Å². The lowest BCUT2D eigenvalue weighted by Crippen LogP contribution is -2.23. The number of nitrogens with one attached hydrogen (secondary N) is 1. The molecule has 0 atom stereocenters. The summed E-state index contributed by atoms with van der Waals surface area (Å²) in [6.07, 6.45) is 1.06. The summed E-state index contributed by atoms with van der Waals surface area (Å²) in [6, 6.07) is 3.18. The Bertz CT molecular complexity index is 368.